The summed E-state index contributed by atoms with van der Waals surface area (Å²) in [6, 6.07) is 0. The van der Waals surface area contributed by atoms with Crippen LogP contribution in [-0.4, -0.2) is 35.7 Å². The van der Waals surface area contributed by atoms with Crippen molar-refractivity contribution in [1.82, 2.24) is 0 Å². The zero-order valence-electron chi connectivity index (χ0n) is 23.4. The molecule has 0 aromatic carbocycles. The SMILES string of the molecule is CCCCCCCC(=O)OCC(C)OC(=O)CCCCCCC.CCCCCCCCCC(=O)O. The van der Waals surface area contributed by atoms with Gasteiger partial charge in [-0.1, -0.05) is 111 Å². The van der Waals surface area contributed by atoms with E-state index in [-0.39, 0.29) is 24.6 Å². The van der Waals surface area contributed by atoms with E-state index in [2.05, 4.69) is 20.8 Å². The van der Waals surface area contributed by atoms with E-state index in [1.807, 2.05) is 0 Å². The Balaban J connectivity index is 0. The molecule has 0 amide bonds. The van der Waals surface area contributed by atoms with E-state index >= 15 is 0 Å². The van der Waals surface area contributed by atoms with E-state index in [1.54, 1.807) is 6.92 Å². The molecule has 0 saturated carbocycles. The Morgan fingerprint density at radius 2 is 0.943 bits per heavy atom. The van der Waals surface area contributed by atoms with Crippen molar-refractivity contribution in [3.63, 3.8) is 0 Å². The van der Waals surface area contributed by atoms with Gasteiger partial charge in [-0.2, -0.15) is 0 Å². The van der Waals surface area contributed by atoms with Crippen molar-refractivity contribution in [1.29, 1.82) is 0 Å². The highest BCUT2D eigenvalue weighted by molar-refractivity contribution is 5.70. The van der Waals surface area contributed by atoms with Gasteiger partial charge in [-0.15, -0.1) is 0 Å². The van der Waals surface area contributed by atoms with Crippen LogP contribution in [0.5, 0.6) is 0 Å². The molecular weight excluding hydrogens is 444 g/mol. The van der Waals surface area contributed by atoms with Gasteiger partial charge in [0.05, 0.1) is 0 Å². The molecule has 1 atom stereocenters. The molecule has 0 saturated heterocycles. The lowest BCUT2D eigenvalue weighted by Crippen LogP contribution is -2.22. The van der Waals surface area contributed by atoms with Crippen LogP contribution in [0.2, 0.25) is 0 Å². The van der Waals surface area contributed by atoms with Gasteiger partial charge in [0.25, 0.3) is 0 Å². The first-order valence-electron chi connectivity index (χ1n) is 14.4. The second-order valence-corrected chi connectivity index (χ2v) is 9.58. The number of rotatable bonds is 23. The number of ether oxygens (including phenoxy) is 2. The van der Waals surface area contributed by atoms with E-state index in [1.165, 1.54) is 70.6 Å². The summed E-state index contributed by atoms with van der Waals surface area (Å²) < 4.78 is 10.4. The van der Waals surface area contributed by atoms with Crippen molar-refractivity contribution in [2.45, 2.75) is 162 Å². The molecule has 0 radical (unpaired) electrons. The zero-order valence-corrected chi connectivity index (χ0v) is 23.4. The van der Waals surface area contributed by atoms with Gasteiger partial charge < -0.3 is 14.6 Å². The van der Waals surface area contributed by atoms with Crippen molar-refractivity contribution in [3.8, 4) is 0 Å². The number of hydrogen-bond donors (Lipinski definition) is 1. The highest BCUT2D eigenvalue weighted by atomic mass is 16.6. The van der Waals surface area contributed by atoms with Gasteiger partial charge in [0.2, 0.25) is 0 Å². The molecular formula is C29H56O6. The Morgan fingerprint density at radius 1 is 0.571 bits per heavy atom. The van der Waals surface area contributed by atoms with Crippen LogP contribution in [0.4, 0.5) is 0 Å². The van der Waals surface area contributed by atoms with Gasteiger partial charge in [0.15, 0.2) is 0 Å². The van der Waals surface area contributed by atoms with Crippen LogP contribution in [-0.2, 0) is 23.9 Å². The molecule has 0 fully saturated rings. The van der Waals surface area contributed by atoms with Crippen molar-refractivity contribution in [2.24, 2.45) is 0 Å². The van der Waals surface area contributed by atoms with Crippen molar-refractivity contribution < 1.29 is 29.0 Å². The van der Waals surface area contributed by atoms with E-state index in [4.69, 9.17) is 14.6 Å². The highest BCUT2D eigenvalue weighted by Crippen LogP contribution is 2.09. The Bertz CT molecular complexity index is 492. The molecule has 6 nitrogen and oxygen atoms in total. The van der Waals surface area contributed by atoms with E-state index in [0.717, 1.165) is 38.5 Å². The van der Waals surface area contributed by atoms with Crippen LogP contribution >= 0.6 is 0 Å². The molecule has 1 N–H and O–H groups in total. The third-order valence-electron chi connectivity index (χ3n) is 5.77. The normalized spacial score (nSPS) is 11.3. The van der Waals surface area contributed by atoms with Crippen molar-refractivity contribution in [2.75, 3.05) is 6.61 Å². The van der Waals surface area contributed by atoms with Crippen LogP contribution in [0, 0.1) is 0 Å². The van der Waals surface area contributed by atoms with Gasteiger partial charge in [-0.25, -0.2) is 0 Å². The summed E-state index contributed by atoms with van der Waals surface area (Å²) >= 11 is 0. The number of carboxylic acids is 1. The molecule has 0 aliphatic rings. The van der Waals surface area contributed by atoms with Crippen molar-refractivity contribution >= 4 is 17.9 Å². The fourth-order valence-corrected chi connectivity index (χ4v) is 3.58. The van der Waals surface area contributed by atoms with E-state index in [0.29, 0.717) is 19.3 Å². The Hall–Kier alpha value is -1.59. The predicted molar refractivity (Wildman–Crippen MR) is 144 cm³/mol. The average molecular weight is 501 g/mol. The Labute approximate surface area is 215 Å². The van der Waals surface area contributed by atoms with Gasteiger partial charge in [0, 0.05) is 19.3 Å². The lowest BCUT2D eigenvalue weighted by atomic mass is 10.1. The number of hydrogen-bond acceptors (Lipinski definition) is 5. The lowest BCUT2D eigenvalue weighted by Gasteiger charge is -2.13. The second kappa shape index (κ2) is 28.6. The van der Waals surface area contributed by atoms with E-state index in [9.17, 15) is 14.4 Å². The first-order chi connectivity index (χ1) is 16.9. The fraction of sp³-hybridized carbons (Fsp3) is 0.897. The molecule has 0 aliphatic carbocycles. The highest BCUT2D eigenvalue weighted by Gasteiger charge is 2.12. The molecule has 0 heterocycles. The number of carbonyl (C=O) groups excluding carboxylic acids is 2. The van der Waals surface area contributed by atoms with Crippen LogP contribution in [0.1, 0.15) is 156 Å². The quantitative estimate of drug-likeness (QED) is 0.112. The number of aliphatic carboxylic acids is 1. The molecule has 208 valence electrons. The third kappa shape index (κ3) is 32.4. The first kappa shape index (κ1) is 35.6. The summed E-state index contributed by atoms with van der Waals surface area (Å²) in [4.78, 5) is 33.4. The van der Waals surface area contributed by atoms with Crippen LogP contribution in [0.25, 0.3) is 0 Å². The minimum atomic E-state index is -0.663. The maximum absolute atomic E-state index is 11.6. The summed E-state index contributed by atoms with van der Waals surface area (Å²) in [6.07, 6.45) is 20.3. The minimum absolute atomic E-state index is 0.162. The Morgan fingerprint density at radius 3 is 1.37 bits per heavy atom. The molecule has 1 unspecified atom stereocenters. The lowest BCUT2D eigenvalue weighted by molar-refractivity contribution is -0.158. The van der Waals surface area contributed by atoms with Gasteiger partial charge in [0.1, 0.15) is 12.7 Å². The van der Waals surface area contributed by atoms with Gasteiger partial charge in [-0.3, -0.25) is 14.4 Å². The van der Waals surface area contributed by atoms with Gasteiger partial charge in [-0.05, 0) is 26.2 Å². The Kier molecular flexibility index (Phi) is 29.1. The molecule has 0 aromatic heterocycles. The summed E-state index contributed by atoms with van der Waals surface area (Å²) in [7, 11) is 0. The summed E-state index contributed by atoms with van der Waals surface area (Å²) in [5.74, 6) is -1.04. The van der Waals surface area contributed by atoms with Crippen LogP contribution in [0.3, 0.4) is 0 Å². The summed E-state index contributed by atoms with van der Waals surface area (Å²) in [6.45, 7) is 8.47. The minimum Gasteiger partial charge on any atom is -0.481 e. The molecule has 0 aliphatic heterocycles. The topological polar surface area (TPSA) is 89.9 Å². The number of carboxylic acid groups (broad SMARTS) is 1. The number of esters is 2. The summed E-state index contributed by atoms with van der Waals surface area (Å²) in [5.41, 5.74) is 0. The molecule has 0 rings (SSSR count). The third-order valence-corrected chi connectivity index (χ3v) is 5.77. The largest absolute Gasteiger partial charge is 0.481 e. The molecule has 0 bridgehead atoms. The molecule has 35 heavy (non-hydrogen) atoms. The summed E-state index contributed by atoms with van der Waals surface area (Å²) in [5, 5.41) is 8.35. The zero-order chi connectivity index (χ0) is 26.6. The molecule has 6 heteroatoms. The molecule has 0 aromatic rings. The first-order valence-corrected chi connectivity index (χ1v) is 14.4. The van der Waals surface area contributed by atoms with Crippen molar-refractivity contribution in [3.05, 3.63) is 0 Å². The smallest absolute Gasteiger partial charge is 0.306 e. The maximum Gasteiger partial charge on any atom is 0.306 e. The standard InChI is InChI=1S/C19H36O4.C10H20O2/c1-4-6-8-10-12-14-18(20)22-16-17(3)23-19(21)15-13-11-9-7-5-2;1-2-3-4-5-6-7-8-9-10(11)12/h17H,4-16H2,1-3H3;2-9H2,1H3,(H,11,12). The van der Waals surface area contributed by atoms with Crippen LogP contribution in [0.15, 0.2) is 0 Å². The van der Waals surface area contributed by atoms with Gasteiger partial charge >= 0.3 is 17.9 Å². The number of unbranched alkanes of at least 4 members (excludes halogenated alkanes) is 14. The predicted octanol–water partition coefficient (Wildman–Crippen LogP) is 8.39. The average Bonchev–Trinajstić information content (AvgIpc) is 2.82. The number of carbonyl (C=O) groups is 3. The molecule has 0 spiro atoms. The second-order valence-electron chi connectivity index (χ2n) is 9.58. The van der Waals surface area contributed by atoms with E-state index < -0.39 is 5.97 Å². The monoisotopic (exact) mass is 500 g/mol. The van der Waals surface area contributed by atoms with Crippen LogP contribution < -0.4 is 0 Å². The fourth-order valence-electron chi connectivity index (χ4n) is 3.58. The maximum atomic E-state index is 11.6.